The molecule has 0 saturated carbocycles. The first-order valence-corrected chi connectivity index (χ1v) is 6.22. The molecule has 98 valence electrons. The van der Waals surface area contributed by atoms with E-state index in [1.807, 2.05) is 22.9 Å². The Balaban J connectivity index is 1.97. The number of imidazole rings is 1. The maximum atomic E-state index is 11.9. The van der Waals surface area contributed by atoms with Gasteiger partial charge in [0.25, 0.3) is 0 Å². The Morgan fingerprint density at radius 3 is 2.89 bits per heavy atom. The number of aromatic nitrogens is 2. The Labute approximate surface area is 116 Å². The van der Waals surface area contributed by atoms with E-state index in [0.717, 1.165) is 0 Å². The van der Waals surface area contributed by atoms with Crippen LogP contribution in [0.3, 0.4) is 0 Å². The summed E-state index contributed by atoms with van der Waals surface area (Å²) in [4.78, 5) is 16.0. The SMILES string of the molecule is NC(=S)c1ccccc1NC(=O)CCn1ccnc1. The molecule has 0 aliphatic rings. The predicted octanol–water partition coefficient (Wildman–Crippen LogP) is 1.55. The van der Waals surface area contributed by atoms with Crippen molar-refractivity contribution >= 4 is 28.8 Å². The van der Waals surface area contributed by atoms with Crippen LogP contribution in [0.4, 0.5) is 5.69 Å². The third kappa shape index (κ3) is 3.62. The molecule has 0 unspecified atom stereocenters. The minimum absolute atomic E-state index is 0.0857. The molecule has 0 saturated heterocycles. The van der Waals surface area contributed by atoms with Gasteiger partial charge in [-0.05, 0) is 12.1 Å². The molecule has 0 aliphatic heterocycles. The van der Waals surface area contributed by atoms with Gasteiger partial charge >= 0.3 is 0 Å². The van der Waals surface area contributed by atoms with Crippen LogP contribution in [0, 0.1) is 0 Å². The molecular formula is C13H14N4OS. The van der Waals surface area contributed by atoms with Gasteiger partial charge in [-0.2, -0.15) is 0 Å². The fraction of sp³-hybridized carbons (Fsp3) is 0.154. The number of anilines is 1. The minimum Gasteiger partial charge on any atom is -0.389 e. The van der Waals surface area contributed by atoms with Crippen LogP contribution < -0.4 is 11.1 Å². The first kappa shape index (κ1) is 13.2. The van der Waals surface area contributed by atoms with Gasteiger partial charge in [0.05, 0.1) is 12.0 Å². The monoisotopic (exact) mass is 274 g/mol. The summed E-state index contributed by atoms with van der Waals surface area (Å²) < 4.78 is 1.85. The van der Waals surface area contributed by atoms with Crippen molar-refractivity contribution in [1.29, 1.82) is 0 Å². The number of amides is 1. The van der Waals surface area contributed by atoms with E-state index in [1.165, 1.54) is 0 Å². The molecule has 19 heavy (non-hydrogen) atoms. The van der Waals surface area contributed by atoms with Crippen molar-refractivity contribution in [2.75, 3.05) is 5.32 Å². The zero-order valence-corrected chi connectivity index (χ0v) is 11.1. The third-order valence-electron chi connectivity index (χ3n) is 2.62. The molecule has 0 bridgehead atoms. The molecule has 0 atom stereocenters. The van der Waals surface area contributed by atoms with Crippen molar-refractivity contribution in [3.63, 3.8) is 0 Å². The molecule has 2 aromatic rings. The van der Waals surface area contributed by atoms with Crippen molar-refractivity contribution in [3.05, 3.63) is 48.5 Å². The summed E-state index contributed by atoms with van der Waals surface area (Å²) in [6.45, 7) is 0.584. The van der Waals surface area contributed by atoms with Gasteiger partial charge in [0.15, 0.2) is 0 Å². The zero-order chi connectivity index (χ0) is 13.7. The van der Waals surface area contributed by atoms with Gasteiger partial charge in [0, 0.05) is 30.9 Å². The number of carbonyl (C=O) groups excluding carboxylic acids is 1. The van der Waals surface area contributed by atoms with E-state index in [2.05, 4.69) is 10.3 Å². The second-order valence-electron chi connectivity index (χ2n) is 4.01. The van der Waals surface area contributed by atoms with Crippen LogP contribution in [0.15, 0.2) is 43.0 Å². The molecule has 1 amide bonds. The summed E-state index contributed by atoms with van der Waals surface area (Å²) in [5.74, 6) is -0.0857. The summed E-state index contributed by atoms with van der Waals surface area (Å²) in [6, 6.07) is 7.22. The molecule has 0 radical (unpaired) electrons. The van der Waals surface area contributed by atoms with Crippen LogP contribution in [0.25, 0.3) is 0 Å². The molecular weight excluding hydrogens is 260 g/mol. The molecule has 3 N–H and O–H groups in total. The van der Waals surface area contributed by atoms with E-state index in [9.17, 15) is 4.79 Å². The van der Waals surface area contributed by atoms with Gasteiger partial charge in [-0.15, -0.1) is 0 Å². The van der Waals surface area contributed by atoms with E-state index in [-0.39, 0.29) is 10.9 Å². The number of nitrogens with zero attached hydrogens (tertiary/aromatic N) is 2. The predicted molar refractivity (Wildman–Crippen MR) is 77.8 cm³/mol. The first-order valence-electron chi connectivity index (χ1n) is 5.81. The van der Waals surface area contributed by atoms with Crippen LogP contribution in [0.2, 0.25) is 0 Å². The van der Waals surface area contributed by atoms with Gasteiger partial charge in [-0.25, -0.2) is 4.98 Å². The second kappa shape index (κ2) is 6.10. The lowest BCUT2D eigenvalue weighted by Gasteiger charge is -2.10. The fourth-order valence-electron chi connectivity index (χ4n) is 1.67. The maximum absolute atomic E-state index is 11.9. The lowest BCUT2D eigenvalue weighted by atomic mass is 10.1. The van der Waals surface area contributed by atoms with Crippen LogP contribution in [0.5, 0.6) is 0 Å². The van der Waals surface area contributed by atoms with Gasteiger partial charge in [-0.1, -0.05) is 24.4 Å². The fourth-order valence-corrected chi connectivity index (χ4v) is 1.85. The van der Waals surface area contributed by atoms with Gasteiger partial charge in [0.1, 0.15) is 4.99 Å². The highest BCUT2D eigenvalue weighted by Gasteiger charge is 2.08. The first-order chi connectivity index (χ1) is 9.16. The van der Waals surface area contributed by atoms with Crippen LogP contribution >= 0.6 is 12.2 Å². The Morgan fingerprint density at radius 2 is 2.21 bits per heavy atom. The maximum Gasteiger partial charge on any atom is 0.226 e. The van der Waals surface area contributed by atoms with Crippen molar-refractivity contribution in [2.45, 2.75) is 13.0 Å². The largest absolute Gasteiger partial charge is 0.389 e. The molecule has 1 heterocycles. The Hall–Kier alpha value is -2.21. The third-order valence-corrected chi connectivity index (χ3v) is 2.84. The van der Waals surface area contributed by atoms with E-state index >= 15 is 0 Å². The van der Waals surface area contributed by atoms with Gasteiger partial charge < -0.3 is 15.6 Å². The summed E-state index contributed by atoms with van der Waals surface area (Å²) in [6.07, 6.45) is 5.54. The number of hydrogen-bond donors (Lipinski definition) is 2. The van der Waals surface area contributed by atoms with Crippen molar-refractivity contribution in [2.24, 2.45) is 5.73 Å². The second-order valence-corrected chi connectivity index (χ2v) is 4.45. The number of carbonyl (C=O) groups is 1. The average molecular weight is 274 g/mol. The number of rotatable bonds is 5. The zero-order valence-electron chi connectivity index (χ0n) is 10.2. The summed E-state index contributed by atoms with van der Waals surface area (Å²) in [5, 5.41) is 2.81. The standard InChI is InChI=1S/C13H14N4OS/c14-13(19)10-3-1-2-4-11(10)16-12(18)5-7-17-8-6-15-9-17/h1-4,6,8-9H,5,7H2,(H2,14,19)(H,16,18). The summed E-state index contributed by atoms with van der Waals surface area (Å²) in [5.41, 5.74) is 6.93. The number of para-hydroxylation sites is 1. The number of aryl methyl sites for hydroxylation is 1. The van der Waals surface area contributed by atoms with Crippen LogP contribution in [0.1, 0.15) is 12.0 Å². The lowest BCUT2D eigenvalue weighted by molar-refractivity contribution is -0.116. The van der Waals surface area contributed by atoms with Crippen LogP contribution in [-0.4, -0.2) is 20.4 Å². The Morgan fingerprint density at radius 1 is 1.42 bits per heavy atom. The quantitative estimate of drug-likeness (QED) is 0.811. The van der Waals surface area contributed by atoms with Gasteiger partial charge in [-0.3, -0.25) is 4.79 Å². The van der Waals surface area contributed by atoms with E-state index in [4.69, 9.17) is 18.0 Å². The summed E-state index contributed by atoms with van der Waals surface area (Å²) in [7, 11) is 0. The average Bonchev–Trinajstić information content (AvgIpc) is 2.90. The van der Waals surface area contributed by atoms with Crippen LogP contribution in [-0.2, 0) is 11.3 Å². The molecule has 2 rings (SSSR count). The van der Waals surface area contributed by atoms with E-state index in [0.29, 0.717) is 24.2 Å². The molecule has 0 aliphatic carbocycles. The highest BCUT2D eigenvalue weighted by molar-refractivity contribution is 7.80. The molecule has 1 aromatic carbocycles. The highest BCUT2D eigenvalue weighted by atomic mass is 32.1. The smallest absolute Gasteiger partial charge is 0.226 e. The number of nitrogens with two attached hydrogens (primary N) is 1. The number of nitrogens with one attached hydrogen (secondary N) is 1. The molecule has 0 fully saturated rings. The number of hydrogen-bond acceptors (Lipinski definition) is 3. The lowest BCUT2D eigenvalue weighted by Crippen LogP contribution is -2.18. The summed E-state index contributed by atoms with van der Waals surface area (Å²) >= 11 is 4.95. The van der Waals surface area contributed by atoms with Gasteiger partial charge in [0.2, 0.25) is 5.91 Å². The van der Waals surface area contributed by atoms with E-state index < -0.39 is 0 Å². The molecule has 5 nitrogen and oxygen atoms in total. The van der Waals surface area contributed by atoms with Crippen molar-refractivity contribution < 1.29 is 4.79 Å². The highest BCUT2D eigenvalue weighted by Crippen LogP contribution is 2.15. The minimum atomic E-state index is -0.0857. The number of benzene rings is 1. The van der Waals surface area contributed by atoms with Crippen molar-refractivity contribution in [1.82, 2.24) is 9.55 Å². The van der Waals surface area contributed by atoms with Crippen molar-refractivity contribution in [3.8, 4) is 0 Å². The molecule has 6 heteroatoms. The Kier molecular flexibility index (Phi) is 4.25. The Bertz CT molecular complexity index is 580. The topological polar surface area (TPSA) is 72.9 Å². The molecule has 0 spiro atoms. The molecule has 1 aromatic heterocycles. The van der Waals surface area contributed by atoms with E-state index in [1.54, 1.807) is 24.7 Å². The number of thiocarbonyl (C=S) groups is 1. The normalized spacial score (nSPS) is 10.1.